The van der Waals surface area contributed by atoms with E-state index in [4.69, 9.17) is 9.84 Å². The van der Waals surface area contributed by atoms with Crippen LogP contribution in [-0.2, 0) is 4.79 Å². The third-order valence-electron chi connectivity index (χ3n) is 3.70. The zero-order valence-corrected chi connectivity index (χ0v) is 11.9. The molecule has 114 valence electrons. The molecule has 2 rings (SSSR count). The number of carbonyl (C=O) groups is 2. The molecule has 21 heavy (non-hydrogen) atoms. The summed E-state index contributed by atoms with van der Waals surface area (Å²) in [6, 6.07) is 4.50. The first-order valence-corrected chi connectivity index (χ1v) is 6.89. The third kappa shape index (κ3) is 3.65. The van der Waals surface area contributed by atoms with Crippen molar-refractivity contribution in [3.63, 3.8) is 0 Å². The van der Waals surface area contributed by atoms with E-state index in [2.05, 4.69) is 0 Å². The summed E-state index contributed by atoms with van der Waals surface area (Å²) in [6.45, 7) is 0.980. The lowest BCUT2D eigenvalue weighted by molar-refractivity contribution is -0.138. The van der Waals surface area contributed by atoms with E-state index < -0.39 is 5.97 Å². The molecule has 1 unspecified atom stereocenters. The van der Waals surface area contributed by atoms with Crippen LogP contribution in [0, 0.1) is 5.92 Å². The minimum absolute atomic E-state index is 0.0343. The number of methoxy groups -OCH3 is 1. The molecule has 1 aromatic rings. The summed E-state index contributed by atoms with van der Waals surface area (Å²) in [5.41, 5.74) is 0.185. The molecular weight excluding hydrogens is 274 g/mol. The molecule has 6 nitrogen and oxygen atoms in total. The van der Waals surface area contributed by atoms with Crippen LogP contribution < -0.4 is 4.74 Å². The van der Waals surface area contributed by atoms with Gasteiger partial charge < -0.3 is 19.8 Å². The number of hydrogen-bond donors (Lipinski definition) is 2. The smallest absolute Gasteiger partial charge is 0.303 e. The summed E-state index contributed by atoms with van der Waals surface area (Å²) in [6.07, 6.45) is 1.64. The number of benzene rings is 1. The molecule has 0 aliphatic carbocycles. The molecular formula is C15H19NO5. The number of piperidine rings is 1. The monoisotopic (exact) mass is 293 g/mol. The second-order valence-electron chi connectivity index (χ2n) is 5.24. The van der Waals surface area contributed by atoms with Gasteiger partial charge in [0.15, 0.2) is 0 Å². The van der Waals surface area contributed by atoms with Gasteiger partial charge in [-0.3, -0.25) is 9.59 Å². The van der Waals surface area contributed by atoms with Gasteiger partial charge in [-0.15, -0.1) is 0 Å². The quantitative estimate of drug-likeness (QED) is 0.882. The molecule has 1 saturated heterocycles. The Morgan fingerprint density at radius 1 is 1.43 bits per heavy atom. The highest BCUT2D eigenvalue weighted by atomic mass is 16.5. The third-order valence-corrected chi connectivity index (χ3v) is 3.70. The zero-order chi connectivity index (χ0) is 15.4. The molecule has 0 saturated carbocycles. The van der Waals surface area contributed by atoms with Crippen molar-refractivity contribution in [2.24, 2.45) is 5.92 Å². The minimum Gasteiger partial charge on any atom is -0.507 e. The second-order valence-corrected chi connectivity index (χ2v) is 5.24. The number of phenols is 1. The number of aromatic hydroxyl groups is 1. The van der Waals surface area contributed by atoms with Crippen molar-refractivity contribution in [2.75, 3.05) is 20.2 Å². The molecule has 0 bridgehead atoms. The molecule has 1 aliphatic rings. The van der Waals surface area contributed by atoms with Crippen LogP contribution in [0.5, 0.6) is 11.5 Å². The fourth-order valence-corrected chi connectivity index (χ4v) is 2.65. The van der Waals surface area contributed by atoms with Crippen LogP contribution in [0.15, 0.2) is 18.2 Å². The number of aliphatic carboxylic acids is 1. The van der Waals surface area contributed by atoms with Crippen molar-refractivity contribution in [1.82, 2.24) is 4.90 Å². The van der Waals surface area contributed by atoms with Gasteiger partial charge in [0.2, 0.25) is 0 Å². The maximum atomic E-state index is 12.5. The lowest BCUT2D eigenvalue weighted by Crippen LogP contribution is -2.40. The zero-order valence-electron chi connectivity index (χ0n) is 11.9. The van der Waals surface area contributed by atoms with Crippen LogP contribution in [0.4, 0.5) is 0 Å². The van der Waals surface area contributed by atoms with Gasteiger partial charge in [0, 0.05) is 19.5 Å². The van der Waals surface area contributed by atoms with Crippen LogP contribution in [0.3, 0.4) is 0 Å². The molecule has 1 aromatic carbocycles. The Morgan fingerprint density at radius 2 is 2.19 bits per heavy atom. The molecule has 0 aromatic heterocycles. The van der Waals surface area contributed by atoms with Crippen LogP contribution in [0.2, 0.25) is 0 Å². The maximum absolute atomic E-state index is 12.5. The molecule has 1 atom stereocenters. The highest BCUT2D eigenvalue weighted by Gasteiger charge is 2.27. The number of carboxylic acids is 1. The Labute approximate surface area is 122 Å². The van der Waals surface area contributed by atoms with E-state index in [0.29, 0.717) is 18.8 Å². The first-order valence-electron chi connectivity index (χ1n) is 6.89. The maximum Gasteiger partial charge on any atom is 0.303 e. The van der Waals surface area contributed by atoms with Gasteiger partial charge in [0.25, 0.3) is 5.91 Å². The second kappa shape index (κ2) is 6.47. The van der Waals surface area contributed by atoms with E-state index >= 15 is 0 Å². The van der Waals surface area contributed by atoms with Crippen molar-refractivity contribution < 1.29 is 24.5 Å². The number of nitrogens with zero attached hydrogens (tertiary/aromatic N) is 1. The molecule has 1 fully saturated rings. The van der Waals surface area contributed by atoms with E-state index in [9.17, 15) is 14.7 Å². The van der Waals surface area contributed by atoms with E-state index in [0.717, 1.165) is 12.8 Å². The number of hydrogen-bond acceptors (Lipinski definition) is 4. The number of ether oxygens (including phenoxy) is 1. The summed E-state index contributed by atoms with van der Waals surface area (Å²) in [5.74, 6) is -0.774. The predicted molar refractivity (Wildman–Crippen MR) is 75.5 cm³/mol. The van der Waals surface area contributed by atoms with Crippen LogP contribution >= 0.6 is 0 Å². The van der Waals surface area contributed by atoms with E-state index in [1.165, 1.54) is 19.2 Å². The van der Waals surface area contributed by atoms with E-state index in [-0.39, 0.29) is 29.6 Å². The molecule has 1 amide bonds. The lowest BCUT2D eigenvalue weighted by atomic mass is 9.94. The van der Waals surface area contributed by atoms with Crippen molar-refractivity contribution in [2.45, 2.75) is 19.3 Å². The van der Waals surface area contributed by atoms with Crippen molar-refractivity contribution in [1.29, 1.82) is 0 Å². The number of carbonyl (C=O) groups excluding carboxylic acids is 1. The number of phenolic OH excluding ortho intramolecular Hbond substituents is 1. The average Bonchev–Trinajstić information content (AvgIpc) is 2.46. The van der Waals surface area contributed by atoms with E-state index in [1.54, 1.807) is 11.0 Å². The normalized spacial score (nSPS) is 18.3. The number of carboxylic acid groups (broad SMARTS) is 1. The van der Waals surface area contributed by atoms with Crippen molar-refractivity contribution >= 4 is 11.9 Å². The molecule has 0 spiro atoms. The van der Waals surface area contributed by atoms with Gasteiger partial charge in [-0.2, -0.15) is 0 Å². The van der Waals surface area contributed by atoms with Crippen molar-refractivity contribution in [3.8, 4) is 11.5 Å². The molecule has 1 aliphatic heterocycles. The van der Waals surface area contributed by atoms with Gasteiger partial charge >= 0.3 is 5.97 Å². The Kier molecular flexibility index (Phi) is 4.67. The number of amides is 1. The fourth-order valence-electron chi connectivity index (χ4n) is 2.65. The van der Waals surface area contributed by atoms with Gasteiger partial charge in [-0.1, -0.05) is 0 Å². The van der Waals surface area contributed by atoms with Crippen LogP contribution in [0.25, 0.3) is 0 Å². The molecule has 0 radical (unpaired) electrons. The van der Waals surface area contributed by atoms with Crippen LogP contribution in [-0.4, -0.2) is 47.2 Å². The standard InChI is InChI=1S/C15H19NO5/c1-21-11-4-5-13(17)12(8-11)15(20)16-6-2-3-10(9-16)7-14(18)19/h4-5,8,10,17H,2-3,6-7,9H2,1H3,(H,18,19). The summed E-state index contributed by atoms with van der Waals surface area (Å²) < 4.78 is 5.06. The van der Waals surface area contributed by atoms with Gasteiger partial charge in [0.05, 0.1) is 12.7 Å². The highest BCUT2D eigenvalue weighted by Crippen LogP contribution is 2.27. The SMILES string of the molecule is COc1ccc(O)c(C(=O)N2CCCC(CC(=O)O)C2)c1. The topological polar surface area (TPSA) is 87.1 Å². The Bertz CT molecular complexity index is 543. The van der Waals surface area contributed by atoms with Gasteiger partial charge in [-0.05, 0) is 37.0 Å². The fraction of sp³-hybridized carbons (Fsp3) is 0.467. The van der Waals surface area contributed by atoms with Crippen LogP contribution in [0.1, 0.15) is 29.6 Å². The summed E-state index contributed by atoms with van der Waals surface area (Å²) >= 11 is 0. The lowest BCUT2D eigenvalue weighted by Gasteiger charge is -2.32. The van der Waals surface area contributed by atoms with Gasteiger partial charge in [-0.25, -0.2) is 0 Å². The number of likely N-dealkylation sites (tertiary alicyclic amines) is 1. The molecule has 1 heterocycles. The molecule has 6 heteroatoms. The molecule has 2 N–H and O–H groups in total. The van der Waals surface area contributed by atoms with Crippen molar-refractivity contribution in [3.05, 3.63) is 23.8 Å². The summed E-state index contributed by atoms with van der Waals surface area (Å²) in [4.78, 5) is 24.9. The Balaban J connectivity index is 2.13. The number of rotatable bonds is 4. The first kappa shape index (κ1) is 15.2. The van der Waals surface area contributed by atoms with Gasteiger partial charge in [0.1, 0.15) is 11.5 Å². The first-order chi connectivity index (χ1) is 10.0. The highest BCUT2D eigenvalue weighted by molar-refractivity contribution is 5.97. The largest absolute Gasteiger partial charge is 0.507 e. The Hall–Kier alpha value is -2.24. The average molecular weight is 293 g/mol. The Morgan fingerprint density at radius 3 is 2.86 bits per heavy atom. The summed E-state index contributed by atoms with van der Waals surface area (Å²) in [5, 5.41) is 18.7. The predicted octanol–water partition coefficient (Wildman–Crippen LogP) is 1.73. The summed E-state index contributed by atoms with van der Waals surface area (Å²) in [7, 11) is 1.49. The van der Waals surface area contributed by atoms with E-state index in [1.807, 2.05) is 0 Å². The minimum atomic E-state index is -0.849.